The van der Waals surface area contributed by atoms with E-state index in [2.05, 4.69) is 4.98 Å². The predicted molar refractivity (Wildman–Crippen MR) is 103 cm³/mol. The number of urea groups is 1. The molecule has 2 aromatic carbocycles. The molecule has 1 aromatic heterocycles. The van der Waals surface area contributed by atoms with Gasteiger partial charge in [0.25, 0.3) is 0 Å². The minimum absolute atomic E-state index is 0.0478. The predicted octanol–water partition coefficient (Wildman–Crippen LogP) is 4.40. The fourth-order valence-corrected chi connectivity index (χ4v) is 3.03. The summed E-state index contributed by atoms with van der Waals surface area (Å²) in [5.74, 6) is 0.735. The van der Waals surface area contributed by atoms with Gasteiger partial charge in [-0.25, -0.2) is 9.78 Å². The van der Waals surface area contributed by atoms with Crippen LogP contribution in [-0.4, -0.2) is 25.1 Å². The summed E-state index contributed by atoms with van der Waals surface area (Å²) in [5, 5.41) is 1.61. The van der Waals surface area contributed by atoms with Crippen molar-refractivity contribution in [1.82, 2.24) is 4.98 Å². The van der Waals surface area contributed by atoms with Crippen molar-refractivity contribution in [2.75, 3.05) is 23.9 Å². The lowest BCUT2D eigenvalue weighted by Crippen LogP contribution is -2.35. The van der Waals surface area contributed by atoms with Crippen molar-refractivity contribution in [3.8, 4) is 0 Å². The molecule has 0 saturated heterocycles. The Morgan fingerprint density at radius 1 is 1.04 bits per heavy atom. The zero-order chi connectivity index (χ0) is 20.5. The Kier molecular flexibility index (Phi) is 5.13. The van der Waals surface area contributed by atoms with Crippen LogP contribution in [-0.2, 0) is 12.7 Å². The molecule has 0 unspecified atom stereocenters. The standard InChI is InChI=1S/C20H19F3N4O/c1-26(2)18-16-4-3-5-17(15(16)10-11-25-18)27(19(24)28)12-13-6-8-14(9-7-13)20(21,22)23/h3-11H,12H2,1-2H3,(H2,24,28). The van der Waals surface area contributed by atoms with Gasteiger partial charge in [0.05, 0.1) is 17.8 Å². The number of nitrogens with two attached hydrogens (primary N) is 1. The van der Waals surface area contributed by atoms with E-state index in [1.807, 2.05) is 25.1 Å². The molecule has 0 spiro atoms. The van der Waals surface area contributed by atoms with Gasteiger partial charge in [0, 0.05) is 31.1 Å². The number of amides is 2. The van der Waals surface area contributed by atoms with Gasteiger partial charge in [-0.1, -0.05) is 24.3 Å². The largest absolute Gasteiger partial charge is 0.416 e. The SMILES string of the molecule is CN(C)c1nccc2c(N(Cc3ccc(C(F)(F)F)cc3)C(N)=O)cccc12. The molecule has 0 fully saturated rings. The average Bonchev–Trinajstić information content (AvgIpc) is 2.64. The molecule has 5 nitrogen and oxygen atoms in total. The molecule has 0 aliphatic heterocycles. The lowest BCUT2D eigenvalue weighted by molar-refractivity contribution is -0.137. The van der Waals surface area contributed by atoms with Crippen LogP contribution in [0.5, 0.6) is 0 Å². The number of carbonyl (C=O) groups is 1. The number of carbonyl (C=O) groups excluding carboxylic acids is 1. The van der Waals surface area contributed by atoms with Gasteiger partial charge in [-0.3, -0.25) is 4.90 Å². The Labute approximate surface area is 160 Å². The average molecular weight is 388 g/mol. The van der Waals surface area contributed by atoms with Crippen LogP contribution >= 0.6 is 0 Å². The van der Waals surface area contributed by atoms with Gasteiger partial charge in [0.1, 0.15) is 5.82 Å². The van der Waals surface area contributed by atoms with Gasteiger partial charge in [0.2, 0.25) is 0 Å². The highest BCUT2D eigenvalue weighted by atomic mass is 19.4. The Bertz CT molecular complexity index is 1000. The number of fused-ring (bicyclic) bond motifs is 1. The second-order valence-electron chi connectivity index (χ2n) is 6.52. The number of alkyl halides is 3. The van der Waals surface area contributed by atoms with E-state index in [0.29, 0.717) is 11.3 Å². The molecule has 0 bridgehead atoms. The van der Waals surface area contributed by atoms with Gasteiger partial charge in [-0.05, 0) is 29.8 Å². The second-order valence-corrected chi connectivity index (χ2v) is 6.52. The van der Waals surface area contributed by atoms with Crippen molar-refractivity contribution < 1.29 is 18.0 Å². The van der Waals surface area contributed by atoms with Crippen LogP contribution in [0.15, 0.2) is 54.7 Å². The van der Waals surface area contributed by atoms with Gasteiger partial charge < -0.3 is 10.6 Å². The van der Waals surface area contributed by atoms with Crippen LogP contribution in [0.4, 0.5) is 29.5 Å². The second kappa shape index (κ2) is 7.38. The molecule has 0 radical (unpaired) electrons. The van der Waals surface area contributed by atoms with E-state index in [9.17, 15) is 18.0 Å². The summed E-state index contributed by atoms with van der Waals surface area (Å²) in [4.78, 5) is 19.7. The molecule has 2 N–H and O–H groups in total. The van der Waals surface area contributed by atoms with Gasteiger partial charge in [-0.15, -0.1) is 0 Å². The number of halogens is 3. The number of anilines is 2. The first-order valence-electron chi connectivity index (χ1n) is 8.46. The van der Waals surface area contributed by atoms with Gasteiger partial charge >= 0.3 is 12.2 Å². The van der Waals surface area contributed by atoms with E-state index in [1.54, 1.807) is 24.4 Å². The smallest absolute Gasteiger partial charge is 0.362 e. The molecule has 1 heterocycles. The van der Waals surface area contributed by atoms with E-state index >= 15 is 0 Å². The van der Waals surface area contributed by atoms with Crippen molar-refractivity contribution in [1.29, 1.82) is 0 Å². The molecule has 0 atom stereocenters. The fraction of sp³-hybridized carbons (Fsp3) is 0.200. The molecule has 0 aliphatic carbocycles. The van der Waals surface area contributed by atoms with E-state index in [0.717, 1.165) is 28.7 Å². The third-order valence-electron chi connectivity index (χ3n) is 4.36. The molecule has 2 amide bonds. The van der Waals surface area contributed by atoms with Crippen LogP contribution in [0.1, 0.15) is 11.1 Å². The van der Waals surface area contributed by atoms with Crippen molar-refractivity contribution in [3.05, 3.63) is 65.9 Å². The molecular formula is C20H19F3N4O. The highest BCUT2D eigenvalue weighted by Crippen LogP contribution is 2.33. The third kappa shape index (κ3) is 3.85. The Morgan fingerprint density at radius 3 is 2.29 bits per heavy atom. The number of pyridine rings is 1. The lowest BCUT2D eigenvalue weighted by Gasteiger charge is -2.23. The van der Waals surface area contributed by atoms with Crippen molar-refractivity contribution in [3.63, 3.8) is 0 Å². The van der Waals surface area contributed by atoms with Crippen LogP contribution in [0.25, 0.3) is 10.8 Å². The summed E-state index contributed by atoms with van der Waals surface area (Å²) in [7, 11) is 3.73. The van der Waals surface area contributed by atoms with Crippen LogP contribution in [0.3, 0.4) is 0 Å². The maximum atomic E-state index is 12.8. The Morgan fingerprint density at radius 2 is 1.71 bits per heavy atom. The number of aromatic nitrogens is 1. The monoisotopic (exact) mass is 388 g/mol. The highest BCUT2D eigenvalue weighted by Gasteiger charge is 2.30. The topological polar surface area (TPSA) is 62.5 Å². The van der Waals surface area contributed by atoms with Crippen molar-refractivity contribution in [2.24, 2.45) is 5.73 Å². The first-order valence-corrected chi connectivity index (χ1v) is 8.46. The highest BCUT2D eigenvalue weighted by molar-refractivity contribution is 6.05. The summed E-state index contributed by atoms with van der Waals surface area (Å²) in [5.41, 5.74) is 5.94. The van der Waals surface area contributed by atoms with Crippen LogP contribution < -0.4 is 15.5 Å². The fourth-order valence-electron chi connectivity index (χ4n) is 3.03. The maximum absolute atomic E-state index is 12.8. The number of hydrogen-bond donors (Lipinski definition) is 1. The summed E-state index contributed by atoms with van der Waals surface area (Å²) in [6.45, 7) is 0.0478. The van der Waals surface area contributed by atoms with Crippen LogP contribution in [0.2, 0.25) is 0 Å². The maximum Gasteiger partial charge on any atom is 0.416 e. The molecular weight excluding hydrogens is 369 g/mol. The Hall–Kier alpha value is -3.29. The first kappa shape index (κ1) is 19.5. The number of rotatable bonds is 4. The van der Waals surface area contributed by atoms with Crippen molar-refractivity contribution >= 4 is 28.3 Å². The zero-order valence-corrected chi connectivity index (χ0v) is 15.4. The van der Waals surface area contributed by atoms with Gasteiger partial charge in [0.15, 0.2) is 0 Å². The first-order chi connectivity index (χ1) is 13.2. The molecule has 8 heteroatoms. The number of primary amides is 1. The van der Waals surface area contributed by atoms with E-state index in [-0.39, 0.29) is 6.54 Å². The third-order valence-corrected chi connectivity index (χ3v) is 4.36. The summed E-state index contributed by atoms with van der Waals surface area (Å²) in [6, 6.07) is 11.2. The zero-order valence-electron chi connectivity index (χ0n) is 15.4. The summed E-state index contributed by atoms with van der Waals surface area (Å²) < 4.78 is 38.3. The molecule has 0 aliphatic rings. The van der Waals surface area contributed by atoms with Crippen LogP contribution in [0, 0.1) is 0 Å². The Balaban J connectivity index is 2.02. The minimum Gasteiger partial charge on any atom is -0.362 e. The summed E-state index contributed by atoms with van der Waals surface area (Å²) >= 11 is 0. The molecule has 3 rings (SSSR count). The van der Waals surface area contributed by atoms with Gasteiger partial charge in [-0.2, -0.15) is 13.2 Å². The molecule has 3 aromatic rings. The minimum atomic E-state index is -4.41. The molecule has 146 valence electrons. The number of nitrogens with zero attached hydrogens (tertiary/aromatic N) is 3. The normalized spacial score (nSPS) is 11.5. The molecule has 0 saturated carbocycles. The van der Waals surface area contributed by atoms with E-state index in [4.69, 9.17) is 5.73 Å². The quantitative estimate of drug-likeness (QED) is 0.720. The van der Waals surface area contributed by atoms with E-state index < -0.39 is 17.8 Å². The molecule has 28 heavy (non-hydrogen) atoms. The summed E-state index contributed by atoms with van der Waals surface area (Å²) in [6.07, 6.45) is -2.77. The van der Waals surface area contributed by atoms with E-state index in [1.165, 1.54) is 17.0 Å². The van der Waals surface area contributed by atoms with Crippen molar-refractivity contribution in [2.45, 2.75) is 12.7 Å². The number of benzene rings is 2. The number of hydrogen-bond acceptors (Lipinski definition) is 3. The lowest BCUT2D eigenvalue weighted by atomic mass is 10.1.